The molecule has 0 aromatic carbocycles. The molecular formula is C10H9NO5. The number of aryl methyl sites for hydroxylation is 1. The average Bonchev–Trinajstić information content (AvgIpc) is 2.15. The summed E-state index contributed by atoms with van der Waals surface area (Å²) in [5, 5.41) is 17.7. The molecule has 1 rings (SSSR count). The van der Waals surface area contributed by atoms with E-state index in [1.165, 1.54) is 13.8 Å². The van der Waals surface area contributed by atoms with E-state index in [9.17, 15) is 14.4 Å². The zero-order valence-corrected chi connectivity index (χ0v) is 8.64. The Morgan fingerprint density at radius 1 is 1.12 bits per heavy atom. The number of carboxylic acid groups (broad SMARTS) is 2. The van der Waals surface area contributed by atoms with Gasteiger partial charge in [-0.25, -0.2) is 9.59 Å². The van der Waals surface area contributed by atoms with Gasteiger partial charge in [-0.1, -0.05) is 0 Å². The summed E-state index contributed by atoms with van der Waals surface area (Å²) in [7, 11) is 0. The van der Waals surface area contributed by atoms with E-state index in [-0.39, 0.29) is 11.3 Å². The van der Waals surface area contributed by atoms with Gasteiger partial charge in [0.05, 0.1) is 16.7 Å². The number of nitrogens with zero attached hydrogens (tertiary/aromatic N) is 1. The van der Waals surface area contributed by atoms with Crippen LogP contribution < -0.4 is 0 Å². The summed E-state index contributed by atoms with van der Waals surface area (Å²) in [6, 6.07) is 0. The van der Waals surface area contributed by atoms with Gasteiger partial charge in [-0.2, -0.15) is 0 Å². The number of aromatic nitrogens is 1. The molecule has 84 valence electrons. The lowest BCUT2D eigenvalue weighted by Gasteiger charge is -2.08. The molecule has 0 fully saturated rings. The van der Waals surface area contributed by atoms with Crippen molar-refractivity contribution in [2.24, 2.45) is 0 Å². The summed E-state index contributed by atoms with van der Waals surface area (Å²) in [4.78, 5) is 36.7. The second kappa shape index (κ2) is 4.09. The zero-order chi connectivity index (χ0) is 12.5. The Balaban J connectivity index is 3.70. The van der Waals surface area contributed by atoms with Crippen LogP contribution in [0.3, 0.4) is 0 Å². The molecule has 0 saturated heterocycles. The molecule has 16 heavy (non-hydrogen) atoms. The number of hydrogen-bond donors (Lipinski definition) is 2. The van der Waals surface area contributed by atoms with Gasteiger partial charge in [-0.05, 0) is 13.8 Å². The Morgan fingerprint density at radius 2 is 1.69 bits per heavy atom. The van der Waals surface area contributed by atoms with Crippen LogP contribution in [0, 0.1) is 6.92 Å². The number of rotatable bonds is 3. The van der Waals surface area contributed by atoms with Gasteiger partial charge in [0.15, 0.2) is 5.78 Å². The first-order valence-electron chi connectivity index (χ1n) is 4.33. The van der Waals surface area contributed by atoms with Gasteiger partial charge in [0, 0.05) is 11.9 Å². The first-order valence-corrected chi connectivity index (χ1v) is 4.33. The predicted octanol–water partition coefficient (Wildman–Crippen LogP) is 0.989. The Labute approximate surface area is 90.5 Å². The summed E-state index contributed by atoms with van der Waals surface area (Å²) >= 11 is 0. The predicted molar refractivity (Wildman–Crippen MR) is 52.9 cm³/mol. The molecule has 0 aliphatic carbocycles. The molecule has 0 aliphatic rings. The normalized spacial score (nSPS) is 9.88. The van der Waals surface area contributed by atoms with Crippen LogP contribution in [0.1, 0.15) is 43.7 Å². The maximum absolute atomic E-state index is 11.3. The van der Waals surface area contributed by atoms with E-state index in [2.05, 4.69) is 4.98 Å². The van der Waals surface area contributed by atoms with E-state index in [1.807, 2.05) is 0 Å². The third-order valence-electron chi connectivity index (χ3n) is 2.06. The Kier molecular flexibility index (Phi) is 3.03. The van der Waals surface area contributed by atoms with Crippen molar-refractivity contribution < 1.29 is 24.6 Å². The van der Waals surface area contributed by atoms with Crippen molar-refractivity contribution >= 4 is 17.7 Å². The molecule has 6 nitrogen and oxygen atoms in total. The molecule has 0 atom stereocenters. The molecule has 1 heterocycles. The molecule has 1 aromatic heterocycles. The fraction of sp³-hybridized carbons (Fsp3) is 0.200. The molecule has 6 heteroatoms. The van der Waals surface area contributed by atoms with Crippen LogP contribution in [-0.2, 0) is 0 Å². The first kappa shape index (κ1) is 11.8. The standard InChI is InChI=1S/C10H9NO5/c1-4-7(5(2)12)8(10(15)16)6(3-11-4)9(13)14/h3H,1-2H3,(H,13,14)(H,15,16). The van der Waals surface area contributed by atoms with Crippen molar-refractivity contribution in [2.45, 2.75) is 13.8 Å². The average molecular weight is 223 g/mol. The monoisotopic (exact) mass is 223 g/mol. The second-order valence-electron chi connectivity index (χ2n) is 3.17. The highest BCUT2D eigenvalue weighted by Crippen LogP contribution is 2.18. The van der Waals surface area contributed by atoms with E-state index in [0.29, 0.717) is 0 Å². The van der Waals surface area contributed by atoms with E-state index < -0.39 is 28.8 Å². The maximum atomic E-state index is 11.3. The summed E-state index contributed by atoms with van der Waals surface area (Å²) < 4.78 is 0. The van der Waals surface area contributed by atoms with Gasteiger partial charge in [-0.3, -0.25) is 9.78 Å². The lowest BCUT2D eigenvalue weighted by Crippen LogP contribution is -2.16. The number of hydrogen-bond acceptors (Lipinski definition) is 4. The molecule has 0 aliphatic heterocycles. The van der Waals surface area contributed by atoms with Crippen molar-refractivity contribution in [2.75, 3.05) is 0 Å². The van der Waals surface area contributed by atoms with Gasteiger partial charge in [0.1, 0.15) is 0 Å². The largest absolute Gasteiger partial charge is 0.478 e. The number of ketones is 1. The highest BCUT2D eigenvalue weighted by atomic mass is 16.4. The minimum Gasteiger partial charge on any atom is -0.478 e. The summed E-state index contributed by atoms with van der Waals surface area (Å²) in [6.45, 7) is 2.62. The van der Waals surface area contributed by atoms with Crippen molar-refractivity contribution in [3.8, 4) is 0 Å². The van der Waals surface area contributed by atoms with Gasteiger partial charge < -0.3 is 10.2 Å². The molecule has 1 aromatic rings. The third kappa shape index (κ3) is 1.90. The number of carbonyl (C=O) groups excluding carboxylic acids is 1. The van der Waals surface area contributed by atoms with Crippen LogP contribution in [0.5, 0.6) is 0 Å². The first-order chi connectivity index (χ1) is 7.36. The minimum atomic E-state index is -1.45. The lowest BCUT2D eigenvalue weighted by atomic mass is 9.99. The van der Waals surface area contributed by atoms with E-state index in [0.717, 1.165) is 6.20 Å². The molecule has 0 bridgehead atoms. The molecule has 2 N–H and O–H groups in total. The van der Waals surface area contributed by atoms with Gasteiger partial charge in [-0.15, -0.1) is 0 Å². The summed E-state index contributed by atoms with van der Waals surface area (Å²) in [5.41, 5.74) is -0.946. The maximum Gasteiger partial charge on any atom is 0.338 e. The molecule has 0 radical (unpaired) electrons. The van der Waals surface area contributed by atoms with Crippen LogP contribution in [0.4, 0.5) is 0 Å². The van der Waals surface area contributed by atoms with Crippen molar-refractivity contribution in [1.82, 2.24) is 4.98 Å². The van der Waals surface area contributed by atoms with Crippen molar-refractivity contribution in [3.63, 3.8) is 0 Å². The smallest absolute Gasteiger partial charge is 0.338 e. The molecular weight excluding hydrogens is 214 g/mol. The van der Waals surface area contributed by atoms with E-state index >= 15 is 0 Å². The van der Waals surface area contributed by atoms with Crippen molar-refractivity contribution in [1.29, 1.82) is 0 Å². The zero-order valence-electron chi connectivity index (χ0n) is 8.64. The SMILES string of the molecule is CC(=O)c1c(C)ncc(C(=O)O)c1C(=O)O. The number of carbonyl (C=O) groups is 3. The van der Waals surface area contributed by atoms with Crippen LogP contribution >= 0.6 is 0 Å². The number of pyridine rings is 1. The van der Waals surface area contributed by atoms with Crippen LogP contribution in [0.15, 0.2) is 6.20 Å². The highest BCUT2D eigenvalue weighted by Gasteiger charge is 2.24. The minimum absolute atomic E-state index is 0.160. The Bertz CT molecular complexity index is 492. The van der Waals surface area contributed by atoms with Gasteiger partial charge in [0.2, 0.25) is 0 Å². The van der Waals surface area contributed by atoms with Crippen LogP contribution in [-0.4, -0.2) is 32.9 Å². The van der Waals surface area contributed by atoms with E-state index in [1.54, 1.807) is 0 Å². The summed E-state index contributed by atoms with van der Waals surface area (Å²) in [5.74, 6) is -3.40. The Morgan fingerprint density at radius 3 is 2.06 bits per heavy atom. The highest BCUT2D eigenvalue weighted by molar-refractivity contribution is 6.11. The van der Waals surface area contributed by atoms with Gasteiger partial charge in [0.25, 0.3) is 0 Å². The second-order valence-corrected chi connectivity index (χ2v) is 3.17. The quantitative estimate of drug-likeness (QED) is 0.740. The van der Waals surface area contributed by atoms with Crippen LogP contribution in [0.25, 0.3) is 0 Å². The van der Waals surface area contributed by atoms with E-state index in [4.69, 9.17) is 10.2 Å². The molecule has 0 spiro atoms. The topological polar surface area (TPSA) is 105 Å². The molecule has 0 saturated carbocycles. The number of carboxylic acids is 2. The lowest BCUT2D eigenvalue weighted by molar-refractivity contribution is 0.0649. The molecule has 0 unspecified atom stereocenters. The number of aromatic carboxylic acids is 2. The van der Waals surface area contributed by atoms with Crippen molar-refractivity contribution in [3.05, 3.63) is 28.6 Å². The fourth-order valence-corrected chi connectivity index (χ4v) is 1.42. The summed E-state index contributed by atoms with van der Waals surface area (Å²) in [6.07, 6.45) is 0.938. The van der Waals surface area contributed by atoms with Gasteiger partial charge >= 0.3 is 11.9 Å². The fourth-order valence-electron chi connectivity index (χ4n) is 1.42. The van der Waals surface area contributed by atoms with Crippen LogP contribution in [0.2, 0.25) is 0 Å². The Hall–Kier alpha value is -2.24. The molecule has 0 amide bonds. The third-order valence-corrected chi connectivity index (χ3v) is 2.06. The number of Topliss-reactive ketones (excluding diaryl/α,β-unsaturated/α-hetero) is 1.